The van der Waals surface area contributed by atoms with E-state index in [9.17, 15) is 5.11 Å². The van der Waals surface area contributed by atoms with Crippen molar-refractivity contribution in [3.8, 4) is 0 Å². The normalized spacial score (nSPS) is 16.8. The molecule has 32 heavy (non-hydrogen) atoms. The van der Waals surface area contributed by atoms with Crippen molar-refractivity contribution in [1.29, 1.82) is 0 Å². The highest BCUT2D eigenvalue weighted by Crippen LogP contribution is 2.32. The van der Waals surface area contributed by atoms with Gasteiger partial charge in [0, 0.05) is 21.8 Å². The number of fused-ring (bicyclic) bond motifs is 1. The highest BCUT2D eigenvalue weighted by atomic mass is 127. The molecule has 2 atom stereocenters. The molecule has 3 aromatic rings. The molecule has 0 aliphatic heterocycles. The first-order valence-electron chi connectivity index (χ1n) is 11.4. The van der Waals surface area contributed by atoms with Gasteiger partial charge in [-0.15, -0.1) is 0 Å². The summed E-state index contributed by atoms with van der Waals surface area (Å²) in [6.45, 7) is 4.36. The summed E-state index contributed by atoms with van der Waals surface area (Å²) in [6.07, 6.45) is 8.20. The average molecular weight is 549 g/mol. The number of aromatic nitrogens is 4. The van der Waals surface area contributed by atoms with E-state index in [2.05, 4.69) is 48.8 Å². The SMILES string of the molecule is CCC(Nc1nc(NCc2cc(I)ccc2N)c2ncn(C3CCCCC3)c2n1)C(C)O. The van der Waals surface area contributed by atoms with Crippen LogP contribution in [0.2, 0.25) is 0 Å². The molecule has 1 aliphatic carbocycles. The van der Waals surface area contributed by atoms with E-state index in [4.69, 9.17) is 15.7 Å². The van der Waals surface area contributed by atoms with Gasteiger partial charge < -0.3 is 26.0 Å². The molecule has 172 valence electrons. The number of anilines is 3. The highest BCUT2D eigenvalue weighted by molar-refractivity contribution is 14.1. The van der Waals surface area contributed by atoms with Crippen LogP contribution in [0.3, 0.4) is 0 Å². The van der Waals surface area contributed by atoms with Gasteiger partial charge in [-0.1, -0.05) is 26.2 Å². The van der Waals surface area contributed by atoms with Crippen molar-refractivity contribution in [3.63, 3.8) is 0 Å². The minimum absolute atomic E-state index is 0.127. The van der Waals surface area contributed by atoms with E-state index in [0.717, 1.165) is 45.2 Å². The van der Waals surface area contributed by atoms with Crippen molar-refractivity contribution >= 4 is 51.2 Å². The van der Waals surface area contributed by atoms with Crippen LogP contribution in [-0.2, 0) is 6.54 Å². The van der Waals surface area contributed by atoms with E-state index in [1.165, 1.54) is 19.3 Å². The second-order valence-corrected chi connectivity index (χ2v) is 9.85. The van der Waals surface area contributed by atoms with Gasteiger partial charge in [0.05, 0.1) is 18.5 Å². The number of nitrogens with zero attached hydrogens (tertiary/aromatic N) is 4. The Labute approximate surface area is 202 Å². The van der Waals surface area contributed by atoms with Crippen LogP contribution in [0.1, 0.15) is 64.0 Å². The second-order valence-electron chi connectivity index (χ2n) is 8.61. The molecule has 2 heterocycles. The zero-order valence-electron chi connectivity index (χ0n) is 18.7. The molecule has 2 unspecified atom stereocenters. The molecule has 0 spiro atoms. The molecule has 0 bridgehead atoms. The third kappa shape index (κ3) is 5.09. The van der Waals surface area contributed by atoms with Crippen LogP contribution < -0.4 is 16.4 Å². The van der Waals surface area contributed by atoms with Crippen LogP contribution in [0.4, 0.5) is 17.5 Å². The number of halogens is 1. The Balaban J connectivity index is 1.70. The van der Waals surface area contributed by atoms with E-state index in [1.807, 2.05) is 25.4 Å². The monoisotopic (exact) mass is 549 g/mol. The number of nitrogen functional groups attached to an aromatic ring is 1. The predicted octanol–water partition coefficient (Wildman–Crippen LogP) is 4.70. The molecule has 0 saturated heterocycles. The van der Waals surface area contributed by atoms with Gasteiger partial charge in [0.2, 0.25) is 5.95 Å². The Hall–Kier alpha value is -2.14. The average Bonchev–Trinajstić information content (AvgIpc) is 3.22. The molecule has 1 fully saturated rings. The lowest BCUT2D eigenvalue weighted by atomic mass is 9.95. The smallest absolute Gasteiger partial charge is 0.227 e. The lowest BCUT2D eigenvalue weighted by Gasteiger charge is -2.24. The summed E-state index contributed by atoms with van der Waals surface area (Å²) in [5, 5.41) is 16.9. The number of nitrogens with one attached hydrogen (secondary N) is 2. The van der Waals surface area contributed by atoms with Gasteiger partial charge in [-0.2, -0.15) is 9.97 Å². The highest BCUT2D eigenvalue weighted by Gasteiger charge is 2.22. The van der Waals surface area contributed by atoms with Crippen LogP contribution in [0, 0.1) is 3.57 Å². The van der Waals surface area contributed by atoms with Crippen molar-refractivity contribution in [1.82, 2.24) is 19.5 Å². The molecule has 9 heteroatoms. The Morgan fingerprint density at radius 2 is 2.03 bits per heavy atom. The van der Waals surface area contributed by atoms with Crippen LogP contribution in [0.25, 0.3) is 11.2 Å². The van der Waals surface area contributed by atoms with E-state index in [1.54, 1.807) is 6.92 Å². The van der Waals surface area contributed by atoms with E-state index in [0.29, 0.717) is 24.4 Å². The molecule has 4 rings (SSSR count). The first kappa shape index (κ1) is 23.0. The molecule has 1 aromatic carbocycles. The zero-order chi connectivity index (χ0) is 22.7. The van der Waals surface area contributed by atoms with Crippen LogP contribution in [0.5, 0.6) is 0 Å². The quantitative estimate of drug-likeness (QED) is 0.238. The summed E-state index contributed by atoms with van der Waals surface area (Å²) in [5.41, 5.74) is 9.52. The summed E-state index contributed by atoms with van der Waals surface area (Å²) in [6, 6.07) is 6.28. The fraction of sp³-hybridized carbons (Fsp3) is 0.522. The maximum absolute atomic E-state index is 10.1. The van der Waals surface area contributed by atoms with Crippen LogP contribution in [0.15, 0.2) is 24.5 Å². The van der Waals surface area contributed by atoms with Crippen molar-refractivity contribution in [2.75, 3.05) is 16.4 Å². The number of nitrogens with two attached hydrogens (primary N) is 1. The Kier molecular flexibility index (Phi) is 7.34. The third-order valence-corrected chi connectivity index (χ3v) is 6.95. The fourth-order valence-corrected chi connectivity index (χ4v) is 4.92. The summed E-state index contributed by atoms with van der Waals surface area (Å²) in [7, 11) is 0. The molecule has 1 saturated carbocycles. The second kappa shape index (κ2) is 10.2. The minimum atomic E-state index is -0.509. The van der Waals surface area contributed by atoms with Gasteiger partial charge in [-0.3, -0.25) is 0 Å². The lowest BCUT2D eigenvalue weighted by Crippen LogP contribution is -2.31. The fourth-order valence-electron chi connectivity index (χ4n) is 4.37. The molecule has 1 aliphatic rings. The number of hydrogen-bond acceptors (Lipinski definition) is 7. The summed E-state index contributed by atoms with van der Waals surface area (Å²) in [5.74, 6) is 1.17. The van der Waals surface area contributed by atoms with Crippen LogP contribution in [-0.4, -0.2) is 36.8 Å². The Morgan fingerprint density at radius 3 is 2.75 bits per heavy atom. The summed E-state index contributed by atoms with van der Waals surface area (Å²) in [4.78, 5) is 14.2. The van der Waals surface area contributed by atoms with E-state index < -0.39 is 6.10 Å². The molecule has 0 amide bonds. The largest absolute Gasteiger partial charge is 0.398 e. The predicted molar refractivity (Wildman–Crippen MR) is 138 cm³/mol. The molecule has 0 radical (unpaired) electrons. The minimum Gasteiger partial charge on any atom is -0.398 e. The van der Waals surface area contributed by atoms with Crippen LogP contribution >= 0.6 is 22.6 Å². The standard InChI is InChI=1S/C23H32IN7O/c1-3-19(14(2)32)28-23-29-21(26-12-15-11-16(24)9-10-18(15)25)20-22(30-23)31(13-27-20)17-7-5-4-6-8-17/h9-11,13-14,17,19,32H,3-8,12,25H2,1-2H3,(H2,26,28,29,30). The summed E-state index contributed by atoms with van der Waals surface area (Å²) >= 11 is 2.29. The van der Waals surface area contributed by atoms with Gasteiger partial charge >= 0.3 is 0 Å². The molecule has 5 N–H and O–H groups in total. The number of rotatable bonds is 8. The number of aliphatic hydroxyl groups excluding tert-OH is 1. The van der Waals surface area contributed by atoms with E-state index >= 15 is 0 Å². The number of hydrogen-bond donors (Lipinski definition) is 4. The van der Waals surface area contributed by atoms with Crippen molar-refractivity contribution in [2.45, 2.75) is 77.1 Å². The topological polar surface area (TPSA) is 114 Å². The maximum atomic E-state index is 10.1. The van der Waals surface area contributed by atoms with Gasteiger partial charge in [0.15, 0.2) is 17.0 Å². The Morgan fingerprint density at radius 1 is 1.25 bits per heavy atom. The first-order valence-corrected chi connectivity index (χ1v) is 12.5. The molecular formula is C23H32IN7O. The molecule has 2 aromatic heterocycles. The number of benzene rings is 1. The zero-order valence-corrected chi connectivity index (χ0v) is 20.8. The van der Waals surface area contributed by atoms with Gasteiger partial charge in [-0.05, 0) is 72.5 Å². The first-order chi connectivity index (χ1) is 15.5. The third-order valence-electron chi connectivity index (χ3n) is 6.28. The Bertz CT molecular complexity index is 1060. The van der Waals surface area contributed by atoms with Gasteiger partial charge in [-0.25, -0.2) is 4.98 Å². The van der Waals surface area contributed by atoms with Gasteiger partial charge in [0.25, 0.3) is 0 Å². The molecular weight excluding hydrogens is 517 g/mol. The number of imidazole rings is 1. The van der Waals surface area contributed by atoms with E-state index in [-0.39, 0.29) is 6.04 Å². The maximum Gasteiger partial charge on any atom is 0.227 e. The van der Waals surface area contributed by atoms with Crippen molar-refractivity contribution in [2.24, 2.45) is 0 Å². The van der Waals surface area contributed by atoms with Gasteiger partial charge in [0.1, 0.15) is 0 Å². The lowest BCUT2D eigenvalue weighted by molar-refractivity contribution is 0.169. The molecule has 8 nitrogen and oxygen atoms in total. The van der Waals surface area contributed by atoms with Crippen molar-refractivity contribution in [3.05, 3.63) is 33.7 Å². The number of aliphatic hydroxyl groups is 1. The summed E-state index contributed by atoms with van der Waals surface area (Å²) < 4.78 is 3.34. The van der Waals surface area contributed by atoms with Crippen molar-refractivity contribution < 1.29 is 5.11 Å².